The summed E-state index contributed by atoms with van der Waals surface area (Å²) in [6, 6.07) is 19.0. The van der Waals surface area contributed by atoms with E-state index in [0.717, 1.165) is 11.4 Å². The fraction of sp³-hybridized carbons (Fsp3) is 0.118. The van der Waals surface area contributed by atoms with Crippen LogP contribution in [-0.2, 0) is 4.74 Å². The maximum absolute atomic E-state index is 12.1. The summed E-state index contributed by atoms with van der Waals surface area (Å²) in [6.07, 6.45) is 0. The number of esters is 1. The van der Waals surface area contributed by atoms with E-state index in [0.29, 0.717) is 5.82 Å². The van der Waals surface area contributed by atoms with Crippen LogP contribution < -0.4 is 5.32 Å². The van der Waals surface area contributed by atoms with E-state index in [9.17, 15) is 4.79 Å². The number of para-hydroxylation sites is 2. The molecule has 0 saturated carbocycles. The van der Waals surface area contributed by atoms with Gasteiger partial charge in [-0.1, -0.05) is 41.6 Å². The van der Waals surface area contributed by atoms with Gasteiger partial charge in [-0.3, -0.25) is 0 Å². The van der Waals surface area contributed by atoms with Crippen molar-refractivity contribution in [2.24, 2.45) is 0 Å². The summed E-state index contributed by atoms with van der Waals surface area (Å²) in [5.74, 6) is -0.0334. The van der Waals surface area contributed by atoms with Crippen molar-refractivity contribution in [2.45, 2.75) is 6.92 Å². The lowest BCUT2D eigenvalue weighted by Gasteiger charge is -2.10. The van der Waals surface area contributed by atoms with E-state index in [-0.39, 0.29) is 12.3 Å². The molecule has 2 aromatic carbocycles. The Bertz CT molecular complexity index is 785. The number of nitrogens with zero attached hydrogens (tertiary/aromatic N) is 3. The first-order chi connectivity index (χ1) is 11.3. The standard InChI is InChI=1S/C17H16N4O2/c1-2-23-17(22)15-16(18-13-9-5-3-6-10-13)21(20-19-15)14-11-7-4-8-12-14/h3-12,18H,2H2,1H3. The van der Waals surface area contributed by atoms with Crippen LogP contribution in [-0.4, -0.2) is 27.6 Å². The number of aromatic nitrogens is 3. The van der Waals surface area contributed by atoms with Gasteiger partial charge in [-0.15, -0.1) is 5.10 Å². The van der Waals surface area contributed by atoms with E-state index < -0.39 is 5.97 Å². The van der Waals surface area contributed by atoms with Gasteiger partial charge in [0.05, 0.1) is 12.3 Å². The molecule has 6 heteroatoms. The largest absolute Gasteiger partial charge is 0.461 e. The van der Waals surface area contributed by atoms with Crippen LogP contribution in [0.15, 0.2) is 60.7 Å². The van der Waals surface area contributed by atoms with E-state index in [1.165, 1.54) is 0 Å². The lowest BCUT2D eigenvalue weighted by Crippen LogP contribution is -2.09. The molecule has 1 N–H and O–H groups in total. The van der Waals surface area contributed by atoms with Gasteiger partial charge in [0.1, 0.15) is 0 Å². The number of carbonyl (C=O) groups is 1. The highest BCUT2D eigenvalue weighted by atomic mass is 16.5. The number of rotatable bonds is 5. The van der Waals surface area contributed by atoms with Crippen molar-refractivity contribution in [3.63, 3.8) is 0 Å². The maximum Gasteiger partial charge on any atom is 0.362 e. The molecule has 0 aliphatic carbocycles. The summed E-state index contributed by atoms with van der Waals surface area (Å²) < 4.78 is 6.64. The summed E-state index contributed by atoms with van der Waals surface area (Å²) >= 11 is 0. The summed E-state index contributed by atoms with van der Waals surface area (Å²) in [6.45, 7) is 2.03. The first kappa shape index (κ1) is 14.8. The van der Waals surface area contributed by atoms with Gasteiger partial charge in [0.15, 0.2) is 5.82 Å². The molecule has 0 bridgehead atoms. The minimum absolute atomic E-state index is 0.152. The fourth-order valence-corrected chi connectivity index (χ4v) is 2.14. The highest BCUT2D eigenvalue weighted by Gasteiger charge is 2.22. The topological polar surface area (TPSA) is 69.0 Å². The van der Waals surface area contributed by atoms with E-state index in [1.54, 1.807) is 11.6 Å². The third-order valence-electron chi connectivity index (χ3n) is 3.18. The number of ether oxygens (including phenoxy) is 1. The minimum atomic E-state index is -0.506. The van der Waals surface area contributed by atoms with Gasteiger partial charge < -0.3 is 10.1 Å². The van der Waals surface area contributed by atoms with Crippen LogP contribution in [0, 0.1) is 0 Å². The van der Waals surface area contributed by atoms with Crippen molar-refractivity contribution in [3.05, 3.63) is 66.4 Å². The molecular weight excluding hydrogens is 292 g/mol. The summed E-state index contributed by atoms with van der Waals surface area (Å²) in [5, 5.41) is 11.3. The Labute approximate surface area is 133 Å². The lowest BCUT2D eigenvalue weighted by atomic mass is 10.3. The van der Waals surface area contributed by atoms with Gasteiger partial charge in [-0.2, -0.15) is 4.68 Å². The Balaban J connectivity index is 2.05. The number of anilines is 2. The highest BCUT2D eigenvalue weighted by Crippen LogP contribution is 2.23. The molecule has 3 aromatic rings. The maximum atomic E-state index is 12.1. The monoisotopic (exact) mass is 308 g/mol. The van der Waals surface area contributed by atoms with Crippen LogP contribution in [0.1, 0.15) is 17.4 Å². The minimum Gasteiger partial charge on any atom is -0.461 e. The molecule has 0 atom stereocenters. The summed E-state index contributed by atoms with van der Waals surface area (Å²) in [7, 11) is 0. The molecule has 0 unspecified atom stereocenters. The number of hydrogen-bond acceptors (Lipinski definition) is 5. The van der Waals surface area contributed by atoms with Gasteiger partial charge in [-0.05, 0) is 31.2 Å². The molecule has 3 rings (SSSR count). The van der Waals surface area contributed by atoms with Crippen molar-refractivity contribution >= 4 is 17.5 Å². The first-order valence-corrected chi connectivity index (χ1v) is 7.30. The molecule has 0 saturated heterocycles. The van der Waals surface area contributed by atoms with E-state index >= 15 is 0 Å². The predicted octanol–water partition coefficient (Wildman–Crippen LogP) is 3.19. The van der Waals surface area contributed by atoms with E-state index in [2.05, 4.69) is 15.6 Å². The summed E-state index contributed by atoms with van der Waals surface area (Å²) in [5.41, 5.74) is 1.78. The molecule has 116 valence electrons. The van der Waals surface area contributed by atoms with Crippen molar-refractivity contribution < 1.29 is 9.53 Å². The molecule has 23 heavy (non-hydrogen) atoms. The van der Waals surface area contributed by atoms with E-state index in [4.69, 9.17) is 4.74 Å². The van der Waals surface area contributed by atoms with Crippen LogP contribution in [0.2, 0.25) is 0 Å². The quantitative estimate of drug-likeness (QED) is 0.733. The Morgan fingerprint density at radius 3 is 2.39 bits per heavy atom. The van der Waals surface area contributed by atoms with Gasteiger partial charge in [-0.25, -0.2) is 4.79 Å². The predicted molar refractivity (Wildman–Crippen MR) is 87.0 cm³/mol. The molecule has 6 nitrogen and oxygen atoms in total. The van der Waals surface area contributed by atoms with Crippen molar-refractivity contribution in [2.75, 3.05) is 11.9 Å². The fourth-order valence-electron chi connectivity index (χ4n) is 2.14. The molecule has 0 aliphatic heterocycles. The summed E-state index contributed by atoms with van der Waals surface area (Å²) in [4.78, 5) is 12.1. The van der Waals surface area contributed by atoms with Crippen LogP contribution in [0.3, 0.4) is 0 Å². The molecular formula is C17H16N4O2. The zero-order valence-electron chi connectivity index (χ0n) is 12.6. The van der Waals surface area contributed by atoms with Crippen LogP contribution in [0.4, 0.5) is 11.5 Å². The number of carbonyl (C=O) groups excluding carboxylic acids is 1. The van der Waals surface area contributed by atoms with Gasteiger partial charge in [0.25, 0.3) is 0 Å². The third kappa shape index (κ3) is 3.21. The lowest BCUT2D eigenvalue weighted by molar-refractivity contribution is 0.0520. The van der Waals surface area contributed by atoms with E-state index in [1.807, 2.05) is 60.7 Å². The average molecular weight is 308 g/mol. The highest BCUT2D eigenvalue weighted by molar-refractivity contribution is 5.93. The smallest absolute Gasteiger partial charge is 0.362 e. The van der Waals surface area contributed by atoms with Gasteiger partial charge in [0, 0.05) is 5.69 Å². The average Bonchev–Trinajstić information content (AvgIpc) is 3.00. The second-order valence-corrected chi connectivity index (χ2v) is 4.75. The zero-order valence-corrected chi connectivity index (χ0v) is 12.6. The third-order valence-corrected chi connectivity index (χ3v) is 3.18. The molecule has 0 radical (unpaired) electrons. The Hall–Kier alpha value is -3.15. The second-order valence-electron chi connectivity index (χ2n) is 4.75. The zero-order chi connectivity index (χ0) is 16.1. The van der Waals surface area contributed by atoms with Gasteiger partial charge in [0.2, 0.25) is 5.69 Å². The van der Waals surface area contributed by atoms with Gasteiger partial charge >= 0.3 is 5.97 Å². The Morgan fingerprint density at radius 2 is 1.74 bits per heavy atom. The van der Waals surface area contributed by atoms with Crippen molar-refractivity contribution in [1.29, 1.82) is 0 Å². The normalized spacial score (nSPS) is 10.3. The number of benzene rings is 2. The molecule has 1 heterocycles. The van der Waals surface area contributed by atoms with Crippen molar-refractivity contribution in [3.8, 4) is 5.69 Å². The SMILES string of the molecule is CCOC(=O)c1nnn(-c2ccccc2)c1Nc1ccccc1. The molecule has 0 fully saturated rings. The number of nitrogens with one attached hydrogen (secondary N) is 1. The molecule has 0 aliphatic rings. The Kier molecular flexibility index (Phi) is 4.33. The number of hydrogen-bond donors (Lipinski definition) is 1. The Morgan fingerprint density at radius 1 is 1.09 bits per heavy atom. The second kappa shape index (κ2) is 6.74. The molecule has 1 aromatic heterocycles. The molecule has 0 spiro atoms. The first-order valence-electron chi connectivity index (χ1n) is 7.30. The van der Waals surface area contributed by atoms with Crippen LogP contribution in [0.5, 0.6) is 0 Å². The molecule has 0 amide bonds. The van der Waals surface area contributed by atoms with Crippen LogP contribution >= 0.6 is 0 Å². The van der Waals surface area contributed by atoms with Crippen LogP contribution in [0.25, 0.3) is 5.69 Å². The van der Waals surface area contributed by atoms with Crippen molar-refractivity contribution in [1.82, 2.24) is 15.0 Å².